The highest BCUT2D eigenvalue weighted by Crippen LogP contribution is 2.36. The quantitative estimate of drug-likeness (QED) is 0.637. The average Bonchev–Trinajstić information content (AvgIpc) is 3.17. The number of fused-ring (bicyclic) bond motifs is 1. The first-order chi connectivity index (χ1) is 15.0. The Morgan fingerprint density at radius 3 is 2.38 bits per heavy atom. The smallest absolute Gasteiger partial charge is 0.322 e. The summed E-state index contributed by atoms with van der Waals surface area (Å²) in [5.74, 6) is -0.00999. The molecule has 3 rings (SSSR count). The van der Waals surface area contributed by atoms with Crippen molar-refractivity contribution in [3.8, 4) is 17.2 Å². The largest absolute Gasteiger partial charge is 0.496 e. The number of hydrogen-bond donors (Lipinski definition) is 1. The number of carboxylic acid groups (broad SMARTS) is 1. The molecule has 32 heavy (non-hydrogen) atoms. The van der Waals surface area contributed by atoms with Crippen LogP contribution in [0.15, 0.2) is 29.2 Å². The summed E-state index contributed by atoms with van der Waals surface area (Å²) in [5.41, 5.74) is 2.32. The molecule has 0 bridgehead atoms. The van der Waals surface area contributed by atoms with Gasteiger partial charge in [-0.25, -0.2) is 8.42 Å². The fraction of sp³-hybridized carbons (Fsp3) is 0.435. The van der Waals surface area contributed by atoms with E-state index in [1.54, 1.807) is 58.9 Å². The number of sulfonamides is 1. The second kappa shape index (κ2) is 8.99. The van der Waals surface area contributed by atoms with E-state index < -0.39 is 28.0 Å². The van der Waals surface area contributed by atoms with Crippen molar-refractivity contribution in [3.05, 3.63) is 46.5 Å². The lowest BCUT2D eigenvalue weighted by atomic mass is 10.0. The number of benzene rings is 2. The molecule has 8 nitrogen and oxygen atoms in total. The summed E-state index contributed by atoms with van der Waals surface area (Å²) in [6.07, 6.45) is 0. The van der Waals surface area contributed by atoms with Gasteiger partial charge in [-0.2, -0.15) is 4.31 Å². The van der Waals surface area contributed by atoms with Gasteiger partial charge in [0.2, 0.25) is 16.8 Å². The minimum absolute atomic E-state index is 0.0913. The van der Waals surface area contributed by atoms with Crippen LogP contribution in [-0.2, 0) is 21.4 Å². The Labute approximate surface area is 188 Å². The van der Waals surface area contributed by atoms with E-state index >= 15 is 0 Å². The van der Waals surface area contributed by atoms with E-state index in [9.17, 15) is 18.3 Å². The molecule has 2 aromatic rings. The Bertz CT molecular complexity index is 1140. The van der Waals surface area contributed by atoms with E-state index in [1.165, 1.54) is 7.11 Å². The van der Waals surface area contributed by atoms with Crippen molar-refractivity contribution in [1.82, 2.24) is 4.31 Å². The van der Waals surface area contributed by atoms with Gasteiger partial charge in [-0.15, -0.1) is 0 Å². The van der Waals surface area contributed by atoms with Crippen LogP contribution in [0.25, 0.3) is 0 Å². The topological polar surface area (TPSA) is 102 Å². The van der Waals surface area contributed by atoms with Gasteiger partial charge >= 0.3 is 5.97 Å². The van der Waals surface area contributed by atoms with Crippen molar-refractivity contribution < 1.29 is 32.5 Å². The van der Waals surface area contributed by atoms with E-state index in [1.807, 2.05) is 0 Å². The van der Waals surface area contributed by atoms with Gasteiger partial charge in [0.25, 0.3) is 0 Å². The maximum atomic E-state index is 14.0. The zero-order valence-electron chi connectivity index (χ0n) is 19.1. The predicted octanol–water partition coefficient (Wildman–Crippen LogP) is 3.65. The molecule has 1 heterocycles. The Morgan fingerprint density at radius 1 is 1.12 bits per heavy atom. The number of ether oxygens (including phenoxy) is 3. The number of carboxylic acids is 1. The number of nitrogens with zero attached hydrogens (tertiary/aromatic N) is 1. The van der Waals surface area contributed by atoms with Crippen LogP contribution in [0.1, 0.15) is 36.1 Å². The maximum Gasteiger partial charge on any atom is 0.322 e. The molecule has 0 saturated heterocycles. The second-order valence-electron chi connectivity index (χ2n) is 8.24. The first kappa shape index (κ1) is 23.9. The molecule has 1 aliphatic heterocycles. The molecule has 0 unspecified atom stereocenters. The lowest BCUT2D eigenvalue weighted by molar-refractivity contribution is -0.143. The molecule has 1 N–H and O–H groups in total. The Hall–Kier alpha value is -2.78. The molecule has 0 amide bonds. The van der Waals surface area contributed by atoms with E-state index in [0.717, 1.165) is 4.31 Å². The maximum absolute atomic E-state index is 14.0. The van der Waals surface area contributed by atoms with Crippen LogP contribution in [0.2, 0.25) is 0 Å². The van der Waals surface area contributed by atoms with Gasteiger partial charge in [0.15, 0.2) is 11.5 Å². The summed E-state index contributed by atoms with van der Waals surface area (Å²) < 4.78 is 45.1. The Balaban J connectivity index is 2.17. The van der Waals surface area contributed by atoms with Crippen LogP contribution < -0.4 is 14.2 Å². The second-order valence-corrected chi connectivity index (χ2v) is 10.1. The van der Waals surface area contributed by atoms with Crippen molar-refractivity contribution in [1.29, 1.82) is 0 Å². The van der Waals surface area contributed by atoms with Crippen molar-refractivity contribution in [2.75, 3.05) is 13.9 Å². The molecule has 1 atom stereocenters. The van der Waals surface area contributed by atoms with Crippen molar-refractivity contribution >= 4 is 16.0 Å². The summed E-state index contributed by atoms with van der Waals surface area (Å²) in [6, 6.07) is 5.50. The number of aryl methyl sites for hydroxylation is 1. The first-order valence-electron chi connectivity index (χ1n) is 10.3. The SMILES string of the molecule is COc1cc(C)c(S(=O)(=O)N(Cc2ccc3c(c2)OCO3)[C@@H](C(=O)O)C(C)C)c(C)c1C. The summed E-state index contributed by atoms with van der Waals surface area (Å²) in [6.45, 7) is 8.53. The summed E-state index contributed by atoms with van der Waals surface area (Å²) >= 11 is 0. The number of hydrogen-bond acceptors (Lipinski definition) is 6. The molecule has 174 valence electrons. The molecular weight excluding hydrogens is 434 g/mol. The van der Waals surface area contributed by atoms with E-state index in [0.29, 0.717) is 39.5 Å². The van der Waals surface area contributed by atoms with Crippen LogP contribution >= 0.6 is 0 Å². The molecule has 0 spiro atoms. The highest BCUT2D eigenvalue weighted by molar-refractivity contribution is 7.89. The minimum Gasteiger partial charge on any atom is -0.496 e. The third-order valence-corrected chi connectivity index (χ3v) is 7.85. The zero-order valence-corrected chi connectivity index (χ0v) is 19.9. The van der Waals surface area contributed by atoms with Crippen LogP contribution in [0, 0.1) is 26.7 Å². The molecule has 0 fully saturated rings. The van der Waals surface area contributed by atoms with Crippen LogP contribution in [0.3, 0.4) is 0 Å². The minimum atomic E-state index is -4.19. The molecule has 1 aliphatic rings. The van der Waals surface area contributed by atoms with Gasteiger partial charge in [-0.3, -0.25) is 4.79 Å². The molecule has 0 radical (unpaired) electrons. The number of rotatable bonds is 8. The number of methoxy groups -OCH3 is 1. The van der Waals surface area contributed by atoms with Gasteiger partial charge < -0.3 is 19.3 Å². The molecule has 2 aromatic carbocycles. The lowest BCUT2D eigenvalue weighted by Crippen LogP contribution is -2.47. The van der Waals surface area contributed by atoms with Crippen molar-refractivity contribution in [2.45, 2.75) is 52.1 Å². The fourth-order valence-corrected chi connectivity index (χ4v) is 6.23. The predicted molar refractivity (Wildman–Crippen MR) is 119 cm³/mol. The van der Waals surface area contributed by atoms with Gasteiger partial charge in [-0.1, -0.05) is 19.9 Å². The standard InChI is InChI=1S/C23H29NO7S/c1-13(2)21(23(25)26)24(11-17-7-8-18-20(10-17)31-12-30-18)32(27,28)22-14(3)9-19(29-6)15(4)16(22)5/h7-10,13,21H,11-12H2,1-6H3,(H,25,26)/t21-/m1/s1. The Kier molecular flexibility index (Phi) is 6.71. The van der Waals surface area contributed by atoms with Gasteiger partial charge in [-0.05, 0) is 67.1 Å². The highest BCUT2D eigenvalue weighted by Gasteiger charge is 2.40. The van der Waals surface area contributed by atoms with E-state index in [-0.39, 0.29) is 18.2 Å². The summed E-state index contributed by atoms with van der Waals surface area (Å²) in [4.78, 5) is 12.3. The van der Waals surface area contributed by atoms with Crippen molar-refractivity contribution in [2.24, 2.45) is 5.92 Å². The third kappa shape index (κ3) is 4.27. The molecule has 0 saturated carbocycles. The summed E-state index contributed by atoms with van der Waals surface area (Å²) in [5, 5.41) is 9.96. The summed E-state index contributed by atoms with van der Waals surface area (Å²) in [7, 11) is -2.66. The number of aliphatic carboxylic acids is 1. The van der Waals surface area contributed by atoms with Crippen LogP contribution in [-0.4, -0.2) is 43.7 Å². The molecule has 9 heteroatoms. The van der Waals surface area contributed by atoms with Gasteiger partial charge in [0.1, 0.15) is 11.8 Å². The normalized spacial score (nSPS) is 14.1. The van der Waals surface area contributed by atoms with Crippen LogP contribution in [0.4, 0.5) is 0 Å². The first-order valence-corrected chi connectivity index (χ1v) is 11.7. The molecule has 0 aromatic heterocycles. The monoisotopic (exact) mass is 463 g/mol. The number of carbonyl (C=O) groups is 1. The van der Waals surface area contributed by atoms with Crippen LogP contribution in [0.5, 0.6) is 17.2 Å². The zero-order chi connectivity index (χ0) is 23.8. The van der Waals surface area contributed by atoms with E-state index in [4.69, 9.17) is 14.2 Å². The van der Waals surface area contributed by atoms with Gasteiger partial charge in [0.05, 0.1) is 12.0 Å². The third-order valence-electron chi connectivity index (χ3n) is 5.74. The lowest BCUT2D eigenvalue weighted by Gasteiger charge is -2.32. The van der Waals surface area contributed by atoms with Crippen molar-refractivity contribution in [3.63, 3.8) is 0 Å². The molecule has 0 aliphatic carbocycles. The van der Waals surface area contributed by atoms with Gasteiger partial charge in [0, 0.05) is 6.54 Å². The fourth-order valence-electron chi connectivity index (χ4n) is 4.04. The van der Waals surface area contributed by atoms with E-state index in [2.05, 4.69) is 0 Å². The highest BCUT2D eigenvalue weighted by atomic mass is 32.2. The average molecular weight is 464 g/mol. The molecular formula is C23H29NO7S. The Morgan fingerprint density at radius 2 is 1.78 bits per heavy atom.